The molecule has 3 nitrogen and oxygen atoms in total. The number of benzene rings is 1. The molecule has 6 heteroatoms. The molecule has 2 unspecified atom stereocenters. The van der Waals surface area contributed by atoms with Crippen molar-refractivity contribution in [3.05, 3.63) is 29.6 Å². The lowest BCUT2D eigenvalue weighted by Crippen LogP contribution is -2.14. The van der Waals surface area contributed by atoms with Crippen molar-refractivity contribution in [3.8, 4) is 0 Å². The van der Waals surface area contributed by atoms with E-state index in [1.54, 1.807) is 13.8 Å². The van der Waals surface area contributed by atoms with Crippen LogP contribution in [0.3, 0.4) is 0 Å². The highest BCUT2D eigenvalue weighted by molar-refractivity contribution is 7.89. The van der Waals surface area contributed by atoms with Gasteiger partial charge < -0.3 is 0 Å². The smallest absolute Gasteiger partial charge is 0.225 e. The van der Waals surface area contributed by atoms with Crippen molar-refractivity contribution < 1.29 is 12.8 Å². The third-order valence-electron chi connectivity index (χ3n) is 2.48. The minimum absolute atomic E-state index is 0.198. The van der Waals surface area contributed by atoms with E-state index in [0.717, 1.165) is 6.07 Å². The highest BCUT2D eigenvalue weighted by Gasteiger charge is 2.18. The van der Waals surface area contributed by atoms with E-state index in [9.17, 15) is 12.8 Å². The predicted molar refractivity (Wildman–Crippen MR) is 61.5 cm³/mol. The Kier molecular flexibility index (Phi) is 3.93. The zero-order valence-electron chi connectivity index (χ0n) is 8.94. The first-order valence-electron chi connectivity index (χ1n) is 4.70. The predicted octanol–water partition coefficient (Wildman–Crippen LogP) is 2.20. The van der Waals surface area contributed by atoms with Crippen LogP contribution in [0.25, 0.3) is 0 Å². The third-order valence-corrected chi connectivity index (χ3v) is 3.77. The molecule has 0 aromatic heterocycles. The first-order chi connectivity index (χ1) is 7.23. The maximum Gasteiger partial charge on any atom is 0.238 e. The monoisotopic (exact) mass is 265 g/mol. The summed E-state index contributed by atoms with van der Waals surface area (Å²) in [5.74, 6) is -0.803. The van der Waals surface area contributed by atoms with E-state index in [0.29, 0.717) is 5.56 Å². The first kappa shape index (κ1) is 13.4. The van der Waals surface area contributed by atoms with E-state index < -0.39 is 15.8 Å². The minimum atomic E-state index is -3.86. The van der Waals surface area contributed by atoms with Crippen LogP contribution in [-0.2, 0) is 10.0 Å². The Morgan fingerprint density at radius 1 is 1.38 bits per heavy atom. The van der Waals surface area contributed by atoms with Gasteiger partial charge in [0.15, 0.2) is 0 Å². The summed E-state index contributed by atoms with van der Waals surface area (Å²) in [7, 11) is -3.86. The topological polar surface area (TPSA) is 60.2 Å². The zero-order chi connectivity index (χ0) is 12.5. The van der Waals surface area contributed by atoms with Gasteiger partial charge in [-0.05, 0) is 24.6 Å². The summed E-state index contributed by atoms with van der Waals surface area (Å²) in [5.41, 5.74) is 0.384. The number of primary sulfonamides is 1. The van der Waals surface area contributed by atoms with Gasteiger partial charge in [-0.3, -0.25) is 0 Å². The van der Waals surface area contributed by atoms with Gasteiger partial charge in [-0.1, -0.05) is 13.0 Å². The molecule has 16 heavy (non-hydrogen) atoms. The molecule has 0 aliphatic carbocycles. The van der Waals surface area contributed by atoms with E-state index in [2.05, 4.69) is 0 Å². The van der Waals surface area contributed by atoms with E-state index >= 15 is 0 Å². The molecule has 0 saturated carbocycles. The molecule has 2 N–H and O–H groups in total. The molecule has 1 aromatic carbocycles. The minimum Gasteiger partial charge on any atom is -0.225 e. The Labute approximate surface area is 99.5 Å². The second-order valence-corrected chi connectivity index (χ2v) is 5.94. The summed E-state index contributed by atoms with van der Waals surface area (Å²) in [4.78, 5) is -0.233. The zero-order valence-corrected chi connectivity index (χ0v) is 10.5. The number of nitrogens with two attached hydrogens (primary N) is 1. The maximum atomic E-state index is 13.6. The second-order valence-electron chi connectivity index (χ2n) is 3.69. The molecule has 0 amide bonds. The number of alkyl halides is 1. The van der Waals surface area contributed by atoms with Crippen LogP contribution in [0.15, 0.2) is 23.1 Å². The lowest BCUT2D eigenvalue weighted by molar-refractivity contribution is 0.574. The van der Waals surface area contributed by atoms with Gasteiger partial charge in [0.1, 0.15) is 5.82 Å². The molecule has 0 fully saturated rings. The second kappa shape index (κ2) is 4.69. The van der Waals surface area contributed by atoms with Crippen LogP contribution in [0.5, 0.6) is 0 Å². The van der Waals surface area contributed by atoms with Gasteiger partial charge in [0.25, 0.3) is 0 Å². The fourth-order valence-corrected chi connectivity index (χ4v) is 1.96. The Balaban J connectivity index is 3.20. The van der Waals surface area contributed by atoms with Gasteiger partial charge in [0.2, 0.25) is 10.0 Å². The Morgan fingerprint density at radius 2 is 1.94 bits per heavy atom. The molecule has 0 radical (unpaired) electrons. The molecule has 0 heterocycles. The largest absolute Gasteiger partial charge is 0.238 e. The third kappa shape index (κ3) is 2.93. The van der Waals surface area contributed by atoms with E-state index in [1.807, 2.05) is 0 Å². The van der Waals surface area contributed by atoms with Gasteiger partial charge >= 0.3 is 0 Å². The highest BCUT2D eigenvalue weighted by Crippen LogP contribution is 2.26. The van der Waals surface area contributed by atoms with Gasteiger partial charge in [0.05, 0.1) is 4.90 Å². The van der Waals surface area contributed by atoms with Crippen molar-refractivity contribution >= 4 is 21.6 Å². The standard InChI is InChI=1S/C10H13ClFNO2S/c1-6(7(2)11)9-4-3-8(5-10(9)12)16(13,14)15/h3-7H,1-2H3,(H2,13,14,15). The van der Waals surface area contributed by atoms with E-state index in [-0.39, 0.29) is 16.2 Å². The molecular weight excluding hydrogens is 253 g/mol. The Bertz CT molecular complexity index is 488. The summed E-state index contributed by atoms with van der Waals surface area (Å²) in [6.07, 6.45) is 0. The van der Waals surface area contributed by atoms with Crippen LogP contribution >= 0.6 is 11.6 Å². The number of hydrogen-bond donors (Lipinski definition) is 1. The molecule has 0 aliphatic rings. The van der Waals surface area contributed by atoms with Gasteiger partial charge in [-0.2, -0.15) is 0 Å². The Morgan fingerprint density at radius 3 is 2.31 bits per heavy atom. The summed E-state index contributed by atoms with van der Waals surface area (Å²) >= 11 is 5.85. The molecular formula is C10H13ClFNO2S. The molecule has 2 atom stereocenters. The molecule has 0 spiro atoms. The van der Waals surface area contributed by atoms with Gasteiger partial charge in [-0.15, -0.1) is 11.6 Å². The van der Waals surface area contributed by atoms with Crippen LogP contribution in [0.4, 0.5) is 4.39 Å². The van der Waals surface area contributed by atoms with Crippen molar-refractivity contribution in [1.82, 2.24) is 0 Å². The summed E-state index contributed by atoms with van der Waals surface area (Å²) in [6.45, 7) is 3.52. The Hall–Kier alpha value is -0.650. The lowest BCUT2D eigenvalue weighted by Gasteiger charge is -2.15. The van der Waals surface area contributed by atoms with Crippen molar-refractivity contribution in [3.63, 3.8) is 0 Å². The average molecular weight is 266 g/mol. The quantitative estimate of drug-likeness (QED) is 0.852. The van der Waals surface area contributed by atoms with Crippen molar-refractivity contribution in [1.29, 1.82) is 0 Å². The lowest BCUT2D eigenvalue weighted by atomic mass is 9.98. The van der Waals surface area contributed by atoms with Crippen LogP contribution < -0.4 is 5.14 Å². The fourth-order valence-electron chi connectivity index (χ4n) is 1.30. The summed E-state index contributed by atoms with van der Waals surface area (Å²) in [6, 6.07) is 3.60. The first-order valence-corrected chi connectivity index (χ1v) is 6.68. The van der Waals surface area contributed by atoms with E-state index in [4.69, 9.17) is 16.7 Å². The number of hydrogen-bond acceptors (Lipinski definition) is 2. The SMILES string of the molecule is CC(Cl)C(C)c1ccc(S(N)(=O)=O)cc1F. The van der Waals surface area contributed by atoms with Gasteiger partial charge in [0, 0.05) is 11.3 Å². The fraction of sp³-hybridized carbons (Fsp3) is 0.400. The number of sulfonamides is 1. The molecule has 0 saturated heterocycles. The van der Waals surface area contributed by atoms with Crippen LogP contribution in [0.1, 0.15) is 25.3 Å². The molecule has 1 rings (SSSR count). The average Bonchev–Trinajstić information content (AvgIpc) is 2.15. The van der Waals surface area contributed by atoms with E-state index in [1.165, 1.54) is 12.1 Å². The van der Waals surface area contributed by atoms with Crippen molar-refractivity contribution in [2.24, 2.45) is 5.14 Å². The van der Waals surface area contributed by atoms with Crippen LogP contribution in [0, 0.1) is 5.82 Å². The van der Waals surface area contributed by atoms with Crippen LogP contribution in [-0.4, -0.2) is 13.8 Å². The van der Waals surface area contributed by atoms with Crippen molar-refractivity contribution in [2.45, 2.75) is 30.0 Å². The summed E-state index contributed by atoms with van der Waals surface area (Å²) in [5, 5.41) is 4.65. The van der Waals surface area contributed by atoms with Gasteiger partial charge in [-0.25, -0.2) is 17.9 Å². The van der Waals surface area contributed by atoms with Crippen molar-refractivity contribution in [2.75, 3.05) is 0 Å². The maximum absolute atomic E-state index is 13.6. The number of rotatable bonds is 3. The summed E-state index contributed by atoms with van der Waals surface area (Å²) < 4.78 is 35.6. The highest BCUT2D eigenvalue weighted by atomic mass is 35.5. The van der Waals surface area contributed by atoms with Crippen LogP contribution in [0.2, 0.25) is 0 Å². The molecule has 90 valence electrons. The molecule has 0 bridgehead atoms. The molecule has 0 aliphatic heterocycles. The molecule has 1 aromatic rings. The number of halogens is 2. The normalized spacial score (nSPS) is 15.8.